The molecule has 0 fully saturated rings. The van der Waals surface area contributed by atoms with Crippen LogP contribution in [0.3, 0.4) is 0 Å². The van der Waals surface area contributed by atoms with Gasteiger partial charge in [-0.15, -0.1) is 0 Å². The minimum Gasteiger partial charge on any atom is -0.383 e. The lowest BCUT2D eigenvalue weighted by Gasteiger charge is -2.14. The molecule has 0 aliphatic rings. The topological polar surface area (TPSA) is 67.9 Å². The summed E-state index contributed by atoms with van der Waals surface area (Å²) < 4.78 is 29.8. The molecule has 0 bridgehead atoms. The Balaban J connectivity index is 3.88. The van der Waals surface area contributed by atoms with Gasteiger partial charge in [-0.05, 0) is 0 Å². The van der Waals surface area contributed by atoms with Crippen molar-refractivity contribution in [3.63, 3.8) is 0 Å². The number of ether oxygens (including phenoxy) is 1. The van der Waals surface area contributed by atoms with Gasteiger partial charge in [0.1, 0.15) is 0 Å². The van der Waals surface area contributed by atoms with E-state index in [1.54, 1.807) is 0 Å². The molecule has 0 saturated heterocycles. The predicted octanol–water partition coefficient (Wildman–Crippen LogP) is -1.04. The number of hydroxylamine groups is 1. The first-order valence-electron chi connectivity index (χ1n) is 3.31. The molecule has 1 N–H and O–H groups in total. The maximum atomic E-state index is 11.1. The molecule has 12 heavy (non-hydrogen) atoms. The van der Waals surface area contributed by atoms with Crippen molar-refractivity contribution in [3.8, 4) is 0 Å². The number of hydrogen-bond donors (Lipinski definition) is 1. The average molecular weight is 198 g/mol. The molecule has 74 valence electrons. The van der Waals surface area contributed by atoms with Gasteiger partial charge in [-0.25, -0.2) is 0 Å². The third kappa shape index (κ3) is 3.98. The lowest BCUT2D eigenvalue weighted by molar-refractivity contribution is -0.0272. The number of hydrogen-bond acceptors (Lipinski definition) is 4. The fourth-order valence-corrected chi connectivity index (χ4v) is 1.18. The minimum atomic E-state index is -3.50. The monoisotopic (exact) mass is 198 g/mol. The number of nitrogens with one attached hydrogen (secondary N) is 1. The second kappa shape index (κ2) is 5.44. The fraction of sp³-hybridized carbons (Fsp3) is 1.00. The molecule has 0 amide bonds. The highest BCUT2D eigenvalue weighted by atomic mass is 32.2. The lowest BCUT2D eigenvalue weighted by atomic mass is 10.7. The summed E-state index contributed by atoms with van der Waals surface area (Å²) in [5.41, 5.74) is 0. The third-order valence-electron chi connectivity index (χ3n) is 1.19. The Kier molecular flexibility index (Phi) is 5.34. The molecule has 0 atom stereocenters. The summed E-state index contributed by atoms with van der Waals surface area (Å²) in [6.07, 6.45) is 0. The molecule has 0 aliphatic carbocycles. The zero-order chi connectivity index (χ0) is 9.61. The van der Waals surface area contributed by atoms with E-state index in [-0.39, 0.29) is 6.54 Å². The van der Waals surface area contributed by atoms with E-state index in [4.69, 9.17) is 0 Å². The molecule has 0 aromatic rings. The Morgan fingerprint density at radius 1 is 1.42 bits per heavy atom. The Morgan fingerprint density at radius 2 is 2.00 bits per heavy atom. The largest absolute Gasteiger partial charge is 0.383 e. The van der Waals surface area contributed by atoms with Gasteiger partial charge in [0.2, 0.25) is 0 Å². The number of rotatable bonds is 6. The highest BCUT2D eigenvalue weighted by Gasteiger charge is 2.15. The Morgan fingerprint density at radius 3 is 2.42 bits per heavy atom. The van der Waals surface area contributed by atoms with Crippen molar-refractivity contribution < 1.29 is 18.0 Å². The van der Waals surface area contributed by atoms with Gasteiger partial charge in [0, 0.05) is 20.7 Å². The van der Waals surface area contributed by atoms with E-state index in [2.05, 4.69) is 14.3 Å². The van der Waals surface area contributed by atoms with Gasteiger partial charge in [-0.1, -0.05) is 4.47 Å². The van der Waals surface area contributed by atoms with Crippen molar-refractivity contribution in [1.82, 2.24) is 9.19 Å². The Labute approximate surface area is 72.6 Å². The SMILES string of the molecule is COCCNS(=O)(=O)N(C)OC. The van der Waals surface area contributed by atoms with Gasteiger partial charge in [-0.3, -0.25) is 4.84 Å². The molecule has 0 spiro atoms. The summed E-state index contributed by atoms with van der Waals surface area (Å²) in [4.78, 5) is 4.49. The minimum absolute atomic E-state index is 0.229. The third-order valence-corrected chi connectivity index (χ3v) is 2.58. The van der Waals surface area contributed by atoms with Crippen LogP contribution < -0.4 is 4.72 Å². The molecule has 0 heterocycles. The van der Waals surface area contributed by atoms with Gasteiger partial charge in [0.05, 0.1) is 13.7 Å². The van der Waals surface area contributed by atoms with Crippen molar-refractivity contribution in [3.05, 3.63) is 0 Å². The summed E-state index contributed by atoms with van der Waals surface area (Å²) in [5.74, 6) is 0. The first-order chi connectivity index (χ1) is 5.54. The molecule has 7 heteroatoms. The Hall–Kier alpha value is -0.210. The summed E-state index contributed by atoms with van der Waals surface area (Å²) in [6.45, 7) is 0.559. The van der Waals surface area contributed by atoms with Crippen molar-refractivity contribution in [2.45, 2.75) is 0 Å². The van der Waals surface area contributed by atoms with Crippen LogP contribution in [0.1, 0.15) is 0 Å². The second-order valence-electron chi connectivity index (χ2n) is 1.98. The highest BCUT2D eigenvalue weighted by molar-refractivity contribution is 7.86. The normalized spacial score (nSPS) is 12.3. The van der Waals surface area contributed by atoms with Crippen LogP contribution in [0.5, 0.6) is 0 Å². The summed E-state index contributed by atoms with van der Waals surface area (Å²) in [6, 6.07) is 0. The van der Waals surface area contributed by atoms with E-state index in [1.165, 1.54) is 21.3 Å². The van der Waals surface area contributed by atoms with E-state index in [9.17, 15) is 8.42 Å². The van der Waals surface area contributed by atoms with Gasteiger partial charge >= 0.3 is 10.2 Å². The molecule has 0 aromatic carbocycles. The molecule has 0 aliphatic heterocycles. The van der Waals surface area contributed by atoms with Crippen LogP contribution in [0.2, 0.25) is 0 Å². The fourth-order valence-electron chi connectivity index (χ4n) is 0.462. The maximum Gasteiger partial charge on any atom is 0.301 e. The average Bonchev–Trinajstić information content (AvgIpc) is 2.03. The smallest absolute Gasteiger partial charge is 0.301 e. The van der Waals surface area contributed by atoms with Gasteiger partial charge < -0.3 is 4.74 Å². The maximum absolute atomic E-state index is 11.1. The first-order valence-corrected chi connectivity index (χ1v) is 4.75. The number of methoxy groups -OCH3 is 1. The number of nitrogens with zero attached hydrogens (tertiary/aromatic N) is 1. The van der Waals surface area contributed by atoms with E-state index in [0.717, 1.165) is 4.47 Å². The highest BCUT2D eigenvalue weighted by Crippen LogP contribution is 1.91. The van der Waals surface area contributed by atoms with Crippen LogP contribution in [0, 0.1) is 0 Å². The van der Waals surface area contributed by atoms with Crippen LogP contribution in [-0.2, 0) is 19.8 Å². The molecule has 0 unspecified atom stereocenters. The molecule has 0 aromatic heterocycles. The van der Waals surface area contributed by atoms with Gasteiger partial charge in [0.25, 0.3) is 0 Å². The molecular weight excluding hydrogens is 184 g/mol. The zero-order valence-electron chi connectivity index (χ0n) is 7.40. The van der Waals surface area contributed by atoms with Gasteiger partial charge in [0.15, 0.2) is 0 Å². The molecule has 0 saturated carbocycles. The Bertz CT molecular complexity index is 203. The van der Waals surface area contributed by atoms with E-state index in [0.29, 0.717) is 6.61 Å². The molecular formula is C5H14N2O4S. The lowest BCUT2D eigenvalue weighted by Crippen LogP contribution is -2.38. The molecule has 6 nitrogen and oxygen atoms in total. The van der Waals surface area contributed by atoms with E-state index >= 15 is 0 Å². The summed E-state index contributed by atoms with van der Waals surface area (Å²) >= 11 is 0. The van der Waals surface area contributed by atoms with Crippen LogP contribution in [-0.4, -0.2) is 47.3 Å². The standard InChI is InChI=1S/C5H14N2O4S/c1-7(11-3)12(8,9)6-4-5-10-2/h6H,4-5H2,1-3H3. The van der Waals surface area contributed by atoms with Crippen molar-refractivity contribution in [2.75, 3.05) is 34.4 Å². The van der Waals surface area contributed by atoms with Gasteiger partial charge in [-0.2, -0.15) is 13.1 Å². The van der Waals surface area contributed by atoms with Crippen LogP contribution in [0.4, 0.5) is 0 Å². The van der Waals surface area contributed by atoms with Crippen molar-refractivity contribution in [1.29, 1.82) is 0 Å². The van der Waals surface area contributed by atoms with Crippen LogP contribution >= 0.6 is 0 Å². The summed E-state index contributed by atoms with van der Waals surface area (Å²) in [7, 11) is 0.567. The first kappa shape index (κ1) is 11.8. The summed E-state index contributed by atoms with van der Waals surface area (Å²) in [5, 5.41) is 0. The molecule has 0 radical (unpaired) electrons. The van der Waals surface area contributed by atoms with Crippen molar-refractivity contribution in [2.24, 2.45) is 0 Å². The van der Waals surface area contributed by atoms with E-state index < -0.39 is 10.2 Å². The zero-order valence-corrected chi connectivity index (χ0v) is 8.22. The van der Waals surface area contributed by atoms with Crippen molar-refractivity contribution >= 4 is 10.2 Å². The van der Waals surface area contributed by atoms with Crippen LogP contribution in [0.25, 0.3) is 0 Å². The van der Waals surface area contributed by atoms with E-state index in [1.807, 2.05) is 0 Å². The molecule has 0 rings (SSSR count). The van der Waals surface area contributed by atoms with Crippen LogP contribution in [0.15, 0.2) is 0 Å². The quantitative estimate of drug-likeness (QED) is 0.437. The second-order valence-corrected chi connectivity index (χ2v) is 3.74. The predicted molar refractivity (Wildman–Crippen MR) is 43.6 cm³/mol.